The van der Waals surface area contributed by atoms with Crippen molar-refractivity contribution in [2.75, 3.05) is 33.7 Å². The van der Waals surface area contributed by atoms with Crippen LogP contribution in [0.5, 0.6) is 0 Å². The highest BCUT2D eigenvalue weighted by Crippen LogP contribution is 2.31. The van der Waals surface area contributed by atoms with Gasteiger partial charge in [0.25, 0.3) is 0 Å². The first-order valence-electron chi connectivity index (χ1n) is 5.79. The van der Waals surface area contributed by atoms with E-state index in [1.165, 1.54) is 12.1 Å². The van der Waals surface area contributed by atoms with Crippen molar-refractivity contribution in [3.05, 3.63) is 35.4 Å². The van der Waals surface area contributed by atoms with Gasteiger partial charge in [0.2, 0.25) is 0 Å². The first-order chi connectivity index (χ1) is 7.93. The predicted molar refractivity (Wildman–Crippen MR) is 63.8 cm³/mol. The summed E-state index contributed by atoms with van der Waals surface area (Å²) in [6.07, 6.45) is 0. The zero-order valence-corrected chi connectivity index (χ0v) is 10.5. The summed E-state index contributed by atoms with van der Waals surface area (Å²) in [5.74, 6) is -1.56. The van der Waals surface area contributed by atoms with Gasteiger partial charge in [-0.25, -0.2) is 8.78 Å². The standard InChI is InChI=1S/C13H18F2N2/c1-13(9-16(2)6-7-17(13)3)10-4-5-11(14)12(15)8-10/h4-5,8H,6-7,9H2,1-3H3. The maximum Gasteiger partial charge on any atom is 0.159 e. The highest BCUT2D eigenvalue weighted by Gasteiger charge is 2.36. The molecule has 1 fully saturated rings. The van der Waals surface area contributed by atoms with Crippen molar-refractivity contribution in [3.63, 3.8) is 0 Å². The van der Waals surface area contributed by atoms with Crippen LogP contribution in [0.2, 0.25) is 0 Å². The number of likely N-dealkylation sites (N-methyl/N-ethyl adjacent to an activating group) is 2. The van der Waals surface area contributed by atoms with Crippen LogP contribution >= 0.6 is 0 Å². The minimum Gasteiger partial charge on any atom is -0.303 e. The molecule has 0 saturated carbocycles. The van der Waals surface area contributed by atoms with Gasteiger partial charge in [0.05, 0.1) is 5.54 Å². The Morgan fingerprint density at radius 3 is 2.47 bits per heavy atom. The molecule has 94 valence electrons. The molecule has 2 nitrogen and oxygen atoms in total. The highest BCUT2D eigenvalue weighted by atomic mass is 19.2. The molecule has 1 heterocycles. The summed E-state index contributed by atoms with van der Waals surface area (Å²) in [7, 11) is 4.07. The molecule has 1 aromatic rings. The van der Waals surface area contributed by atoms with Crippen molar-refractivity contribution in [1.82, 2.24) is 9.80 Å². The fourth-order valence-corrected chi connectivity index (χ4v) is 2.44. The minimum absolute atomic E-state index is 0.262. The van der Waals surface area contributed by atoms with Crippen LogP contribution in [0.25, 0.3) is 0 Å². The SMILES string of the molecule is CN1CCN(C)C(C)(c2ccc(F)c(F)c2)C1. The van der Waals surface area contributed by atoms with Crippen LogP contribution in [0.4, 0.5) is 8.78 Å². The van der Waals surface area contributed by atoms with Crippen molar-refractivity contribution in [2.45, 2.75) is 12.5 Å². The van der Waals surface area contributed by atoms with Gasteiger partial charge in [-0.2, -0.15) is 0 Å². The third-order valence-electron chi connectivity index (χ3n) is 3.78. The molecule has 1 unspecified atom stereocenters. The molecule has 4 heteroatoms. The number of nitrogens with zero attached hydrogens (tertiary/aromatic N) is 2. The third-order valence-corrected chi connectivity index (χ3v) is 3.78. The lowest BCUT2D eigenvalue weighted by Crippen LogP contribution is -2.56. The molecule has 0 N–H and O–H groups in total. The number of piperazine rings is 1. The van der Waals surface area contributed by atoms with E-state index in [0.717, 1.165) is 25.2 Å². The molecule has 0 radical (unpaired) electrons. The minimum atomic E-state index is -0.788. The number of hydrogen-bond acceptors (Lipinski definition) is 2. The van der Waals surface area contributed by atoms with Gasteiger partial charge in [0, 0.05) is 19.6 Å². The summed E-state index contributed by atoms with van der Waals surface area (Å²) in [6.45, 7) is 4.80. The van der Waals surface area contributed by atoms with Gasteiger partial charge in [-0.3, -0.25) is 4.90 Å². The number of benzene rings is 1. The lowest BCUT2D eigenvalue weighted by atomic mass is 9.88. The van der Waals surface area contributed by atoms with Gasteiger partial charge in [0.1, 0.15) is 0 Å². The Hall–Kier alpha value is -1.00. The van der Waals surface area contributed by atoms with Gasteiger partial charge in [-0.15, -0.1) is 0 Å². The molecule has 2 rings (SSSR count). The second kappa shape index (κ2) is 4.35. The van der Waals surface area contributed by atoms with Crippen molar-refractivity contribution in [2.24, 2.45) is 0 Å². The summed E-state index contributed by atoms with van der Waals surface area (Å²) in [6, 6.07) is 4.19. The molecule has 0 amide bonds. The quantitative estimate of drug-likeness (QED) is 0.741. The largest absolute Gasteiger partial charge is 0.303 e. The van der Waals surface area contributed by atoms with E-state index in [0.29, 0.717) is 0 Å². The van der Waals surface area contributed by atoms with Crippen LogP contribution in [-0.4, -0.2) is 43.5 Å². The summed E-state index contributed by atoms with van der Waals surface area (Å²) in [5.41, 5.74) is 0.562. The normalized spacial score (nSPS) is 27.4. The number of rotatable bonds is 1. The van der Waals surface area contributed by atoms with E-state index in [9.17, 15) is 8.78 Å². The summed E-state index contributed by atoms with van der Waals surface area (Å²) >= 11 is 0. The number of halogens is 2. The zero-order chi connectivity index (χ0) is 12.6. The monoisotopic (exact) mass is 240 g/mol. The Bertz CT molecular complexity index is 422. The second-order valence-corrected chi connectivity index (χ2v) is 5.06. The summed E-state index contributed by atoms with van der Waals surface area (Å²) in [5, 5.41) is 0. The Labute approximate surface area is 101 Å². The summed E-state index contributed by atoms with van der Waals surface area (Å²) < 4.78 is 26.3. The molecule has 1 aliphatic heterocycles. The Balaban J connectivity index is 2.38. The maximum atomic E-state index is 13.3. The molecular formula is C13H18F2N2. The number of hydrogen-bond donors (Lipinski definition) is 0. The Morgan fingerprint density at radius 2 is 1.82 bits per heavy atom. The molecule has 0 aromatic heterocycles. The molecule has 1 aliphatic rings. The van der Waals surface area contributed by atoms with Crippen LogP contribution in [-0.2, 0) is 5.54 Å². The van der Waals surface area contributed by atoms with Gasteiger partial charge in [-0.05, 0) is 38.7 Å². The van der Waals surface area contributed by atoms with Gasteiger partial charge < -0.3 is 4.90 Å². The van der Waals surface area contributed by atoms with Crippen LogP contribution in [0.1, 0.15) is 12.5 Å². The molecule has 1 saturated heterocycles. The molecule has 1 aromatic carbocycles. The average molecular weight is 240 g/mol. The maximum absolute atomic E-state index is 13.3. The lowest BCUT2D eigenvalue weighted by molar-refractivity contribution is 0.0377. The van der Waals surface area contributed by atoms with E-state index < -0.39 is 11.6 Å². The fourth-order valence-electron chi connectivity index (χ4n) is 2.44. The van der Waals surface area contributed by atoms with E-state index >= 15 is 0 Å². The van der Waals surface area contributed by atoms with E-state index in [4.69, 9.17) is 0 Å². The van der Waals surface area contributed by atoms with Gasteiger partial charge >= 0.3 is 0 Å². The molecule has 17 heavy (non-hydrogen) atoms. The van der Waals surface area contributed by atoms with E-state index in [1.54, 1.807) is 6.07 Å². The van der Waals surface area contributed by atoms with Crippen molar-refractivity contribution >= 4 is 0 Å². The lowest BCUT2D eigenvalue weighted by Gasteiger charge is -2.46. The average Bonchev–Trinajstić information content (AvgIpc) is 2.28. The van der Waals surface area contributed by atoms with Crippen molar-refractivity contribution in [3.8, 4) is 0 Å². The van der Waals surface area contributed by atoms with E-state index in [1.807, 2.05) is 14.1 Å². The topological polar surface area (TPSA) is 6.48 Å². The molecule has 0 aliphatic carbocycles. The Morgan fingerprint density at radius 1 is 1.12 bits per heavy atom. The van der Waals surface area contributed by atoms with Crippen LogP contribution < -0.4 is 0 Å². The Kier molecular flexibility index (Phi) is 3.19. The zero-order valence-electron chi connectivity index (χ0n) is 10.5. The van der Waals surface area contributed by atoms with E-state index in [2.05, 4.69) is 16.7 Å². The smallest absolute Gasteiger partial charge is 0.159 e. The molecule has 0 bridgehead atoms. The molecular weight excluding hydrogens is 222 g/mol. The van der Waals surface area contributed by atoms with Crippen LogP contribution in [0, 0.1) is 11.6 Å². The van der Waals surface area contributed by atoms with Crippen LogP contribution in [0.15, 0.2) is 18.2 Å². The molecule has 0 spiro atoms. The first-order valence-corrected chi connectivity index (χ1v) is 5.79. The first kappa shape index (κ1) is 12.5. The third kappa shape index (κ3) is 2.19. The van der Waals surface area contributed by atoms with Gasteiger partial charge in [0.15, 0.2) is 11.6 Å². The van der Waals surface area contributed by atoms with Crippen molar-refractivity contribution < 1.29 is 8.78 Å². The second-order valence-electron chi connectivity index (χ2n) is 5.06. The summed E-state index contributed by atoms with van der Waals surface area (Å²) in [4.78, 5) is 4.40. The van der Waals surface area contributed by atoms with Gasteiger partial charge in [-0.1, -0.05) is 6.07 Å². The molecule has 1 atom stereocenters. The van der Waals surface area contributed by atoms with Crippen molar-refractivity contribution in [1.29, 1.82) is 0 Å². The highest BCUT2D eigenvalue weighted by molar-refractivity contribution is 5.26. The van der Waals surface area contributed by atoms with E-state index in [-0.39, 0.29) is 5.54 Å². The fraction of sp³-hybridized carbons (Fsp3) is 0.538. The van der Waals surface area contributed by atoms with Crippen LogP contribution in [0.3, 0.4) is 0 Å². The predicted octanol–water partition coefficient (Wildman–Crippen LogP) is 2.06.